The van der Waals surface area contributed by atoms with Crippen LogP contribution in [-0.2, 0) is 19.1 Å². The Morgan fingerprint density at radius 2 is 1.92 bits per heavy atom. The largest absolute Gasteiger partial charge is 0.481 e. The molecule has 5 nitrogen and oxygen atoms in total. The molecule has 0 atom stereocenters. The van der Waals surface area contributed by atoms with E-state index in [1.807, 2.05) is 0 Å². The van der Waals surface area contributed by atoms with Gasteiger partial charge >= 0.3 is 11.9 Å². The molecule has 72 valence electrons. The second-order valence-electron chi connectivity index (χ2n) is 2.45. The van der Waals surface area contributed by atoms with Gasteiger partial charge < -0.3 is 9.84 Å². The summed E-state index contributed by atoms with van der Waals surface area (Å²) in [7, 11) is 0. The van der Waals surface area contributed by atoms with Crippen LogP contribution >= 0.6 is 0 Å². The van der Waals surface area contributed by atoms with Crippen molar-refractivity contribution in [2.45, 2.75) is 13.3 Å². The van der Waals surface area contributed by atoms with Crippen LogP contribution in [0.4, 0.5) is 0 Å². The van der Waals surface area contributed by atoms with Crippen LogP contribution in [0.2, 0.25) is 0 Å². The van der Waals surface area contributed by atoms with Crippen LogP contribution in [0.3, 0.4) is 0 Å². The highest BCUT2D eigenvalue weighted by atomic mass is 16.5. The van der Waals surface area contributed by atoms with E-state index < -0.39 is 18.4 Å². The molecular formula is C8H10O5. The van der Waals surface area contributed by atoms with Crippen LogP contribution in [0.25, 0.3) is 0 Å². The predicted molar refractivity (Wildman–Crippen MR) is 43.0 cm³/mol. The maximum absolute atomic E-state index is 10.8. The van der Waals surface area contributed by atoms with Gasteiger partial charge in [-0.1, -0.05) is 6.58 Å². The number of carbonyl (C=O) groups is 3. The van der Waals surface area contributed by atoms with Crippen LogP contribution < -0.4 is 0 Å². The molecule has 0 rings (SSSR count). The zero-order chi connectivity index (χ0) is 10.4. The molecule has 13 heavy (non-hydrogen) atoms. The van der Waals surface area contributed by atoms with Gasteiger partial charge in [0.2, 0.25) is 0 Å². The number of carbonyl (C=O) groups excluding carboxylic acids is 2. The second kappa shape index (κ2) is 5.08. The number of Topliss-reactive ketones (excluding diaryl/α,β-unsaturated/α-hetero) is 1. The highest BCUT2D eigenvalue weighted by Gasteiger charge is 2.12. The van der Waals surface area contributed by atoms with Crippen LogP contribution in [0.1, 0.15) is 13.3 Å². The Morgan fingerprint density at radius 1 is 1.38 bits per heavy atom. The number of rotatable bonds is 5. The zero-order valence-electron chi connectivity index (χ0n) is 7.20. The third kappa shape index (κ3) is 5.60. The summed E-state index contributed by atoms with van der Waals surface area (Å²) in [6.07, 6.45) is -0.475. The predicted octanol–water partition coefficient (Wildman–Crippen LogP) is 0.149. The molecule has 0 aliphatic carbocycles. The molecule has 0 heterocycles. The summed E-state index contributed by atoms with van der Waals surface area (Å²) < 4.78 is 4.41. The summed E-state index contributed by atoms with van der Waals surface area (Å²) in [5, 5.41) is 8.27. The summed E-state index contributed by atoms with van der Waals surface area (Å²) in [4.78, 5) is 31.3. The van der Waals surface area contributed by atoms with Crippen molar-refractivity contribution < 1.29 is 24.2 Å². The van der Waals surface area contributed by atoms with Crippen molar-refractivity contribution in [1.29, 1.82) is 0 Å². The molecule has 0 saturated heterocycles. The molecule has 0 unspecified atom stereocenters. The Balaban J connectivity index is 3.90. The fourth-order valence-corrected chi connectivity index (χ4v) is 0.524. The van der Waals surface area contributed by atoms with Crippen molar-refractivity contribution in [2.24, 2.45) is 0 Å². The minimum Gasteiger partial charge on any atom is -0.481 e. The molecule has 0 aliphatic rings. The average Bonchev–Trinajstić information content (AvgIpc) is 1.98. The van der Waals surface area contributed by atoms with Gasteiger partial charge in [-0.2, -0.15) is 0 Å². The molecule has 1 N–H and O–H groups in total. The normalized spacial score (nSPS) is 9.00. The number of esters is 1. The molecule has 0 bridgehead atoms. The quantitative estimate of drug-likeness (QED) is 0.488. The molecule has 0 radical (unpaired) electrons. The molecule has 0 fully saturated rings. The molecule has 0 spiro atoms. The Bertz CT molecular complexity index is 253. The number of aliphatic carboxylic acids is 1. The van der Waals surface area contributed by atoms with E-state index in [2.05, 4.69) is 11.3 Å². The summed E-state index contributed by atoms with van der Waals surface area (Å²) in [6, 6.07) is 0. The van der Waals surface area contributed by atoms with E-state index in [9.17, 15) is 14.4 Å². The van der Waals surface area contributed by atoms with Gasteiger partial charge in [-0.25, -0.2) is 4.79 Å². The van der Waals surface area contributed by atoms with Gasteiger partial charge in [-0.3, -0.25) is 9.59 Å². The van der Waals surface area contributed by atoms with Gasteiger partial charge in [0.1, 0.15) is 6.61 Å². The van der Waals surface area contributed by atoms with Gasteiger partial charge in [0.05, 0.1) is 6.42 Å². The fourth-order valence-electron chi connectivity index (χ4n) is 0.524. The molecule has 0 aromatic carbocycles. The van der Waals surface area contributed by atoms with E-state index in [0.717, 1.165) is 0 Å². The number of ketones is 1. The summed E-state index contributed by atoms with van der Waals surface area (Å²) >= 11 is 0. The molecule has 0 amide bonds. The Morgan fingerprint density at radius 3 is 2.31 bits per heavy atom. The first kappa shape index (κ1) is 11.4. The Labute approximate surface area is 75.0 Å². The van der Waals surface area contributed by atoms with Crippen molar-refractivity contribution in [2.75, 3.05) is 6.61 Å². The van der Waals surface area contributed by atoms with Gasteiger partial charge in [0, 0.05) is 5.57 Å². The average molecular weight is 186 g/mol. The number of hydrogen-bond acceptors (Lipinski definition) is 4. The van der Waals surface area contributed by atoms with Crippen molar-refractivity contribution >= 4 is 17.7 Å². The van der Waals surface area contributed by atoms with Crippen molar-refractivity contribution in [3.63, 3.8) is 0 Å². The molecule has 0 saturated carbocycles. The first-order valence-electron chi connectivity index (χ1n) is 3.49. The number of carboxylic acids is 1. The van der Waals surface area contributed by atoms with Gasteiger partial charge in [0.25, 0.3) is 0 Å². The molecule has 0 aromatic heterocycles. The first-order chi connectivity index (χ1) is 5.93. The first-order valence-corrected chi connectivity index (χ1v) is 3.49. The SMILES string of the molecule is C=C(CC(=O)O)C(=O)OCC(C)=O. The Hall–Kier alpha value is -1.65. The molecule has 0 aliphatic heterocycles. The topological polar surface area (TPSA) is 80.7 Å². The molecular weight excluding hydrogens is 176 g/mol. The minimum atomic E-state index is -1.16. The molecule has 0 aromatic rings. The fraction of sp³-hybridized carbons (Fsp3) is 0.375. The Kier molecular flexibility index (Phi) is 4.43. The van der Waals surface area contributed by atoms with E-state index >= 15 is 0 Å². The van der Waals surface area contributed by atoms with Crippen molar-refractivity contribution in [3.05, 3.63) is 12.2 Å². The zero-order valence-corrected chi connectivity index (χ0v) is 7.20. The van der Waals surface area contributed by atoms with E-state index in [4.69, 9.17) is 5.11 Å². The van der Waals surface area contributed by atoms with Crippen LogP contribution in [0.15, 0.2) is 12.2 Å². The van der Waals surface area contributed by atoms with Crippen LogP contribution in [0.5, 0.6) is 0 Å². The number of ether oxygens (including phenoxy) is 1. The van der Waals surface area contributed by atoms with Crippen molar-refractivity contribution in [1.82, 2.24) is 0 Å². The minimum absolute atomic E-state index is 0.172. The lowest BCUT2D eigenvalue weighted by Crippen LogP contribution is -2.14. The third-order valence-electron chi connectivity index (χ3n) is 1.06. The lowest BCUT2D eigenvalue weighted by molar-refractivity contribution is -0.145. The lowest BCUT2D eigenvalue weighted by Gasteiger charge is -2.02. The van der Waals surface area contributed by atoms with E-state index in [1.54, 1.807) is 0 Å². The van der Waals surface area contributed by atoms with E-state index in [0.29, 0.717) is 0 Å². The van der Waals surface area contributed by atoms with Gasteiger partial charge in [-0.15, -0.1) is 0 Å². The maximum Gasteiger partial charge on any atom is 0.334 e. The highest BCUT2D eigenvalue weighted by molar-refractivity contribution is 5.94. The summed E-state index contributed by atoms with van der Waals surface area (Å²) in [6.45, 7) is 4.11. The van der Waals surface area contributed by atoms with Gasteiger partial charge in [-0.05, 0) is 6.92 Å². The highest BCUT2D eigenvalue weighted by Crippen LogP contribution is 2.00. The second-order valence-corrected chi connectivity index (χ2v) is 2.45. The van der Waals surface area contributed by atoms with Gasteiger partial charge in [0.15, 0.2) is 5.78 Å². The smallest absolute Gasteiger partial charge is 0.334 e. The number of hydrogen-bond donors (Lipinski definition) is 1. The van der Waals surface area contributed by atoms with Crippen molar-refractivity contribution in [3.8, 4) is 0 Å². The molecule has 5 heteroatoms. The summed E-state index contributed by atoms with van der Waals surface area (Å²) in [5.41, 5.74) is -0.172. The maximum atomic E-state index is 10.8. The monoisotopic (exact) mass is 186 g/mol. The van der Waals surface area contributed by atoms with E-state index in [-0.39, 0.29) is 18.0 Å². The van der Waals surface area contributed by atoms with Crippen LogP contribution in [0, 0.1) is 0 Å². The third-order valence-corrected chi connectivity index (χ3v) is 1.06. The van der Waals surface area contributed by atoms with Crippen LogP contribution in [-0.4, -0.2) is 29.4 Å². The lowest BCUT2D eigenvalue weighted by atomic mass is 10.2. The number of carboxylic acid groups (broad SMARTS) is 1. The van der Waals surface area contributed by atoms with E-state index in [1.165, 1.54) is 6.92 Å². The standard InChI is InChI=1S/C8H10O5/c1-5(3-7(10)11)8(12)13-4-6(2)9/h1,3-4H2,2H3,(H,10,11). The summed E-state index contributed by atoms with van der Waals surface area (Å²) in [5.74, 6) is -2.32.